The smallest absolute Gasteiger partial charge is 0.338 e. The first kappa shape index (κ1) is 28.8. The predicted molar refractivity (Wildman–Crippen MR) is 162 cm³/mol. The van der Waals surface area contributed by atoms with Crippen LogP contribution in [0.4, 0.5) is 11.4 Å². The molecule has 0 bridgehead atoms. The van der Waals surface area contributed by atoms with Crippen molar-refractivity contribution in [3.63, 3.8) is 0 Å². The SMILES string of the molecule is CC(C)CCCCC(C)C1CCC2C3CCC4CC(OC(=O)c5cc(N)cc(N)c5)CCC4(C)C3CCC12C. The van der Waals surface area contributed by atoms with Crippen LogP contribution in [0, 0.1) is 52.3 Å². The van der Waals surface area contributed by atoms with Crippen LogP contribution in [0.3, 0.4) is 0 Å². The van der Waals surface area contributed by atoms with Gasteiger partial charge in [-0.05, 0) is 128 Å². The highest BCUT2D eigenvalue weighted by molar-refractivity contribution is 5.91. The highest BCUT2D eigenvalue weighted by atomic mass is 16.5. The lowest BCUT2D eigenvalue weighted by molar-refractivity contribution is -0.130. The third-order valence-electron chi connectivity index (χ3n) is 12.6. The van der Waals surface area contributed by atoms with Gasteiger partial charge < -0.3 is 16.2 Å². The minimum absolute atomic E-state index is 0.0102. The molecule has 4 fully saturated rings. The zero-order valence-electron chi connectivity index (χ0n) is 25.5. The van der Waals surface area contributed by atoms with E-state index >= 15 is 0 Å². The summed E-state index contributed by atoms with van der Waals surface area (Å²) in [6, 6.07) is 5.03. The van der Waals surface area contributed by atoms with Gasteiger partial charge in [0.1, 0.15) is 6.10 Å². The molecule has 5 rings (SSSR count). The molecule has 4 saturated carbocycles. The van der Waals surface area contributed by atoms with E-state index in [9.17, 15) is 4.79 Å². The van der Waals surface area contributed by atoms with E-state index in [1.165, 1.54) is 70.6 Å². The molecular formula is C35H56N2O2. The second kappa shape index (κ2) is 11.3. The summed E-state index contributed by atoms with van der Waals surface area (Å²) in [6.45, 7) is 12.6. The topological polar surface area (TPSA) is 78.3 Å². The number of carbonyl (C=O) groups excluding carboxylic acids is 1. The number of nitrogen functional groups attached to an aromatic ring is 2. The Bertz CT molecular complexity index is 1000. The standard InChI is InChI=1S/C35H56N2O2/c1-22(2)8-6-7-9-23(3)30-12-13-31-29-11-10-25-20-28(39-33(38)24-18-26(36)21-27(37)19-24)14-16-34(25,4)32(29)15-17-35(30,31)5/h18-19,21-23,25,28-32H,6-17,20,36-37H2,1-5H3. The van der Waals surface area contributed by atoms with E-state index in [1.807, 2.05) is 0 Å². The summed E-state index contributed by atoms with van der Waals surface area (Å²) in [4.78, 5) is 12.9. The van der Waals surface area contributed by atoms with Crippen molar-refractivity contribution in [1.82, 2.24) is 0 Å². The molecule has 0 saturated heterocycles. The summed E-state index contributed by atoms with van der Waals surface area (Å²) in [5.41, 5.74) is 14.3. The number of rotatable bonds is 8. The van der Waals surface area contributed by atoms with Gasteiger partial charge in [-0.3, -0.25) is 0 Å². The maximum Gasteiger partial charge on any atom is 0.338 e. The Morgan fingerprint density at radius 3 is 2.26 bits per heavy atom. The van der Waals surface area contributed by atoms with Crippen molar-refractivity contribution in [2.24, 2.45) is 52.3 Å². The number of ether oxygens (including phenoxy) is 1. The van der Waals surface area contributed by atoms with Crippen LogP contribution in [-0.2, 0) is 4.74 Å². The van der Waals surface area contributed by atoms with Crippen LogP contribution in [0.1, 0.15) is 128 Å². The molecule has 1 aromatic rings. The quantitative estimate of drug-likeness (QED) is 0.197. The average Bonchev–Trinajstić information content (AvgIpc) is 3.23. The number of carbonyl (C=O) groups is 1. The van der Waals surface area contributed by atoms with E-state index in [-0.39, 0.29) is 12.1 Å². The van der Waals surface area contributed by atoms with Crippen LogP contribution < -0.4 is 11.5 Å². The molecule has 4 nitrogen and oxygen atoms in total. The van der Waals surface area contributed by atoms with Gasteiger partial charge in [-0.1, -0.05) is 60.3 Å². The monoisotopic (exact) mass is 536 g/mol. The lowest BCUT2D eigenvalue weighted by atomic mass is 9.44. The fraction of sp³-hybridized carbons (Fsp3) is 0.800. The normalized spacial score (nSPS) is 38.5. The lowest BCUT2D eigenvalue weighted by Crippen LogP contribution is -2.54. The second-order valence-electron chi connectivity index (χ2n) is 15.2. The minimum atomic E-state index is -0.278. The van der Waals surface area contributed by atoms with Crippen molar-refractivity contribution in [2.75, 3.05) is 11.5 Å². The number of hydrogen-bond donors (Lipinski definition) is 2. The first-order chi connectivity index (χ1) is 18.5. The van der Waals surface area contributed by atoms with E-state index in [0.717, 1.165) is 48.3 Å². The van der Waals surface area contributed by atoms with Crippen molar-refractivity contribution in [3.8, 4) is 0 Å². The Labute approximate surface area is 238 Å². The number of benzene rings is 1. The molecule has 9 unspecified atom stereocenters. The molecule has 4 heteroatoms. The van der Waals surface area contributed by atoms with Gasteiger partial charge in [-0.25, -0.2) is 4.79 Å². The van der Waals surface area contributed by atoms with E-state index < -0.39 is 0 Å². The zero-order chi connectivity index (χ0) is 27.9. The Kier molecular flexibility index (Phi) is 8.33. The average molecular weight is 537 g/mol. The summed E-state index contributed by atoms with van der Waals surface area (Å²) in [5, 5.41) is 0. The molecule has 0 radical (unpaired) electrons. The van der Waals surface area contributed by atoms with Gasteiger partial charge in [0, 0.05) is 11.4 Å². The highest BCUT2D eigenvalue weighted by Crippen LogP contribution is 2.68. The molecule has 4 N–H and O–H groups in total. The van der Waals surface area contributed by atoms with Crippen molar-refractivity contribution in [2.45, 2.75) is 124 Å². The molecular weight excluding hydrogens is 480 g/mol. The molecule has 0 spiro atoms. The number of esters is 1. The predicted octanol–water partition coefficient (Wildman–Crippen LogP) is 8.89. The summed E-state index contributed by atoms with van der Waals surface area (Å²) in [6.07, 6.45) is 17.3. The second-order valence-corrected chi connectivity index (χ2v) is 15.2. The van der Waals surface area contributed by atoms with Crippen LogP contribution >= 0.6 is 0 Å². The fourth-order valence-corrected chi connectivity index (χ4v) is 10.5. The summed E-state index contributed by atoms with van der Waals surface area (Å²) in [7, 11) is 0. The first-order valence-electron chi connectivity index (χ1n) is 16.4. The Morgan fingerprint density at radius 2 is 1.54 bits per heavy atom. The first-order valence-corrected chi connectivity index (χ1v) is 16.4. The molecule has 9 atom stereocenters. The van der Waals surface area contributed by atoms with Crippen LogP contribution in [0.25, 0.3) is 0 Å². The lowest BCUT2D eigenvalue weighted by Gasteiger charge is -2.61. The fourth-order valence-electron chi connectivity index (χ4n) is 10.5. The number of anilines is 2. The Balaban J connectivity index is 1.20. The van der Waals surface area contributed by atoms with Crippen LogP contribution in [0.5, 0.6) is 0 Å². The van der Waals surface area contributed by atoms with Crippen molar-refractivity contribution in [3.05, 3.63) is 23.8 Å². The molecule has 0 heterocycles. The summed E-state index contributed by atoms with van der Waals surface area (Å²) in [5.74, 6) is 5.68. The van der Waals surface area contributed by atoms with Gasteiger partial charge in [0.05, 0.1) is 5.56 Å². The number of fused-ring (bicyclic) bond motifs is 5. The van der Waals surface area contributed by atoms with E-state index in [0.29, 0.717) is 33.7 Å². The molecule has 0 aromatic heterocycles. The number of hydrogen-bond acceptors (Lipinski definition) is 4. The Hall–Kier alpha value is -1.71. The van der Waals surface area contributed by atoms with Crippen molar-refractivity contribution in [1.29, 1.82) is 0 Å². The van der Waals surface area contributed by atoms with Gasteiger partial charge in [0.2, 0.25) is 0 Å². The molecule has 0 aliphatic heterocycles. The molecule has 39 heavy (non-hydrogen) atoms. The number of unbranched alkanes of at least 4 members (excludes halogenated alkanes) is 1. The van der Waals surface area contributed by atoms with E-state index in [2.05, 4.69) is 34.6 Å². The maximum atomic E-state index is 12.9. The molecule has 0 amide bonds. The Morgan fingerprint density at radius 1 is 0.872 bits per heavy atom. The highest BCUT2D eigenvalue weighted by Gasteiger charge is 2.60. The van der Waals surface area contributed by atoms with Crippen LogP contribution in [-0.4, -0.2) is 12.1 Å². The zero-order valence-corrected chi connectivity index (χ0v) is 25.5. The molecule has 1 aromatic carbocycles. The maximum absolute atomic E-state index is 12.9. The van der Waals surface area contributed by atoms with Gasteiger partial charge in [-0.15, -0.1) is 0 Å². The van der Waals surface area contributed by atoms with Gasteiger partial charge >= 0.3 is 5.97 Å². The van der Waals surface area contributed by atoms with E-state index in [1.54, 1.807) is 18.2 Å². The van der Waals surface area contributed by atoms with Crippen molar-refractivity contribution >= 4 is 17.3 Å². The largest absolute Gasteiger partial charge is 0.459 e. The third-order valence-corrected chi connectivity index (χ3v) is 12.6. The minimum Gasteiger partial charge on any atom is -0.459 e. The van der Waals surface area contributed by atoms with Crippen LogP contribution in [0.2, 0.25) is 0 Å². The van der Waals surface area contributed by atoms with Crippen molar-refractivity contribution < 1.29 is 9.53 Å². The van der Waals surface area contributed by atoms with Gasteiger partial charge in [-0.2, -0.15) is 0 Å². The van der Waals surface area contributed by atoms with E-state index in [4.69, 9.17) is 16.2 Å². The molecule has 4 aliphatic rings. The van der Waals surface area contributed by atoms with Gasteiger partial charge in [0.25, 0.3) is 0 Å². The molecule has 4 aliphatic carbocycles. The number of nitrogens with two attached hydrogens (primary N) is 2. The summed E-state index contributed by atoms with van der Waals surface area (Å²) >= 11 is 0. The van der Waals surface area contributed by atoms with Crippen LogP contribution in [0.15, 0.2) is 18.2 Å². The van der Waals surface area contributed by atoms with Gasteiger partial charge in [0.15, 0.2) is 0 Å². The summed E-state index contributed by atoms with van der Waals surface area (Å²) < 4.78 is 6.05. The third kappa shape index (κ3) is 5.60. The molecule has 218 valence electrons.